The Morgan fingerprint density at radius 3 is 2.50 bits per heavy atom. The number of hydrogen-bond acceptors (Lipinski definition) is 16. The van der Waals surface area contributed by atoms with E-state index in [9.17, 15) is 44.1 Å². The smallest absolute Gasteiger partial charge is 0.352 e. The number of phenolic OH excluding ortho intramolecular Hbond substituents is 2. The highest BCUT2D eigenvalue weighted by Crippen LogP contribution is 2.42. The van der Waals surface area contributed by atoms with E-state index in [0.717, 1.165) is 17.0 Å². The number of β-lactam (4-membered cyclic amide) rings is 1. The summed E-state index contributed by atoms with van der Waals surface area (Å²) in [5, 5.41) is 55.3. The first kappa shape index (κ1) is 39.6. The maximum atomic E-state index is 14.0. The van der Waals surface area contributed by atoms with Crippen LogP contribution in [0.25, 0.3) is 11.0 Å². The molecule has 3 atom stereocenters. The summed E-state index contributed by atoms with van der Waals surface area (Å²) in [7, 11) is 3.81. The standard InChI is InChI=1S/C34H34N8O12S2/c1-15-24(28(47)19-10-20(43)21(44)11-22(19)54-15)29(48)35-25(16-4-6-18(7-5-16)53-12-23(45)46)30(49)36-26-31(50)42-27(33(51)52)17(13-55-32(26)42)14-56-34-37-38-39-41(34)9-8-40(2)3/h4-7,10-11,25-26,32,43-44H,8-9,12-14H2,1-3H3,(H,35,48)(H,36,49)(H,45,46)(H,51,52)/t25?,26-,32+/m1/s1. The first-order valence-electron chi connectivity index (χ1n) is 16.6. The molecule has 4 aromatic rings. The minimum Gasteiger partial charge on any atom is -0.504 e. The van der Waals surface area contributed by atoms with E-state index >= 15 is 0 Å². The molecule has 2 aromatic heterocycles. The van der Waals surface area contributed by atoms with Crippen LogP contribution in [0, 0.1) is 6.92 Å². The van der Waals surface area contributed by atoms with Crippen molar-refractivity contribution in [3.05, 3.63) is 74.8 Å². The van der Waals surface area contributed by atoms with Gasteiger partial charge in [0.2, 0.25) is 16.5 Å². The van der Waals surface area contributed by atoms with Gasteiger partial charge in [-0.2, -0.15) is 0 Å². The van der Waals surface area contributed by atoms with Crippen molar-refractivity contribution in [2.75, 3.05) is 38.8 Å². The van der Waals surface area contributed by atoms with Crippen LogP contribution in [0.15, 0.2) is 62.0 Å². The molecule has 294 valence electrons. The summed E-state index contributed by atoms with van der Waals surface area (Å²) in [6.07, 6.45) is 0. The van der Waals surface area contributed by atoms with E-state index in [1.165, 1.54) is 54.7 Å². The highest BCUT2D eigenvalue weighted by atomic mass is 32.2. The van der Waals surface area contributed by atoms with Crippen LogP contribution in [0.3, 0.4) is 0 Å². The van der Waals surface area contributed by atoms with Gasteiger partial charge in [0.05, 0.1) is 11.9 Å². The zero-order valence-corrected chi connectivity index (χ0v) is 31.4. The number of phenols is 2. The van der Waals surface area contributed by atoms with Gasteiger partial charge >= 0.3 is 11.9 Å². The Labute approximate surface area is 324 Å². The van der Waals surface area contributed by atoms with Crippen molar-refractivity contribution >= 4 is 64.2 Å². The van der Waals surface area contributed by atoms with Gasteiger partial charge in [-0.05, 0) is 60.8 Å². The number of carboxylic acid groups (broad SMARTS) is 2. The normalized spacial score (nSPS) is 17.0. The van der Waals surface area contributed by atoms with Crippen molar-refractivity contribution in [3.63, 3.8) is 0 Å². The maximum Gasteiger partial charge on any atom is 0.352 e. The molecular weight excluding hydrogens is 777 g/mol. The number of ether oxygens (including phenoxy) is 1. The largest absolute Gasteiger partial charge is 0.504 e. The van der Waals surface area contributed by atoms with Gasteiger partial charge < -0.3 is 45.1 Å². The van der Waals surface area contributed by atoms with Crippen LogP contribution in [-0.2, 0) is 25.7 Å². The molecule has 1 saturated heterocycles. The topological polar surface area (TPSA) is 280 Å². The number of aromatic nitrogens is 4. The minimum atomic E-state index is -1.56. The maximum absolute atomic E-state index is 14.0. The van der Waals surface area contributed by atoms with Crippen LogP contribution in [-0.4, -0.2) is 130 Å². The molecule has 6 N–H and O–H groups in total. The van der Waals surface area contributed by atoms with Gasteiger partial charge in [0, 0.05) is 24.1 Å². The number of likely N-dealkylation sites (N-methyl/N-ethyl adjacent to an activating group) is 1. The lowest BCUT2D eigenvalue weighted by Gasteiger charge is -2.49. The average Bonchev–Trinajstić information content (AvgIpc) is 3.61. The molecule has 1 unspecified atom stereocenters. The summed E-state index contributed by atoms with van der Waals surface area (Å²) in [4.78, 5) is 81.3. The number of carbonyl (C=O) groups excluding carboxylic acids is 3. The summed E-state index contributed by atoms with van der Waals surface area (Å²) in [5.41, 5.74) is -1.12. The zero-order chi connectivity index (χ0) is 40.4. The van der Waals surface area contributed by atoms with E-state index in [1.807, 2.05) is 19.0 Å². The molecular formula is C34H34N8O12S2. The molecule has 0 aliphatic carbocycles. The van der Waals surface area contributed by atoms with Gasteiger partial charge in [-0.15, -0.1) is 16.9 Å². The molecule has 0 bridgehead atoms. The molecule has 0 spiro atoms. The van der Waals surface area contributed by atoms with Gasteiger partial charge in [0.15, 0.2) is 18.1 Å². The summed E-state index contributed by atoms with van der Waals surface area (Å²) in [6.45, 7) is 1.85. The number of nitrogens with one attached hydrogen (secondary N) is 2. The average molecular weight is 811 g/mol. The third kappa shape index (κ3) is 8.11. The molecule has 2 aromatic carbocycles. The molecule has 3 amide bonds. The number of carbonyl (C=O) groups is 5. The second-order valence-electron chi connectivity index (χ2n) is 12.8. The zero-order valence-electron chi connectivity index (χ0n) is 29.8. The molecule has 0 saturated carbocycles. The molecule has 0 radical (unpaired) electrons. The fourth-order valence-electron chi connectivity index (χ4n) is 5.92. The van der Waals surface area contributed by atoms with Crippen LogP contribution in [0.1, 0.15) is 27.7 Å². The lowest BCUT2D eigenvalue weighted by Crippen LogP contribution is -2.71. The predicted octanol–water partition coefficient (Wildman–Crippen LogP) is 0.526. The van der Waals surface area contributed by atoms with Crippen LogP contribution in [0.5, 0.6) is 17.2 Å². The highest BCUT2D eigenvalue weighted by molar-refractivity contribution is 8.01. The SMILES string of the molecule is Cc1oc2cc(O)c(O)cc2c(=O)c1C(=O)NC(C(=O)N[C@@H]1C(=O)N2C(C(=O)O)=C(CSc3nnnn3CCN(C)C)CS[C@@H]12)c1ccc(OCC(=O)O)cc1. The van der Waals surface area contributed by atoms with Crippen LogP contribution < -0.4 is 20.8 Å². The Bertz CT molecular complexity index is 2330. The van der Waals surface area contributed by atoms with E-state index in [0.29, 0.717) is 23.8 Å². The van der Waals surface area contributed by atoms with E-state index in [-0.39, 0.29) is 45.2 Å². The molecule has 2 aliphatic heterocycles. The third-order valence-electron chi connectivity index (χ3n) is 8.69. The van der Waals surface area contributed by atoms with Crippen molar-refractivity contribution in [2.24, 2.45) is 0 Å². The molecule has 56 heavy (non-hydrogen) atoms. The van der Waals surface area contributed by atoms with Gasteiger partial charge in [0.1, 0.15) is 45.8 Å². The molecule has 4 heterocycles. The van der Waals surface area contributed by atoms with E-state index in [4.69, 9.17) is 14.3 Å². The lowest BCUT2D eigenvalue weighted by atomic mass is 10.0. The number of aromatic hydroxyl groups is 2. The summed E-state index contributed by atoms with van der Waals surface area (Å²) in [5.74, 6) is -6.07. The van der Waals surface area contributed by atoms with Crippen LogP contribution in [0.4, 0.5) is 0 Å². The quantitative estimate of drug-likeness (QED) is 0.0542. The molecule has 22 heteroatoms. The Morgan fingerprint density at radius 2 is 1.82 bits per heavy atom. The Hall–Kier alpha value is -6.13. The highest BCUT2D eigenvalue weighted by Gasteiger charge is 2.54. The Balaban J connectivity index is 1.23. The fraction of sp³-hybridized carbons (Fsp3) is 0.324. The molecule has 20 nitrogen and oxygen atoms in total. The predicted molar refractivity (Wildman–Crippen MR) is 197 cm³/mol. The van der Waals surface area contributed by atoms with Crippen molar-refractivity contribution in [1.82, 2.24) is 40.6 Å². The number of thioether (sulfide) groups is 2. The van der Waals surface area contributed by atoms with Crippen molar-refractivity contribution in [2.45, 2.75) is 36.1 Å². The van der Waals surface area contributed by atoms with Gasteiger partial charge in [-0.1, -0.05) is 23.9 Å². The summed E-state index contributed by atoms with van der Waals surface area (Å²) in [6, 6.07) is 4.63. The second kappa shape index (κ2) is 16.3. The number of nitrogens with zero attached hydrogens (tertiary/aromatic N) is 6. The Kier molecular flexibility index (Phi) is 11.5. The van der Waals surface area contributed by atoms with Gasteiger partial charge in [-0.3, -0.25) is 24.1 Å². The van der Waals surface area contributed by atoms with Crippen LogP contribution in [0.2, 0.25) is 0 Å². The number of amides is 3. The number of benzene rings is 2. The van der Waals surface area contributed by atoms with Gasteiger partial charge in [-0.25, -0.2) is 14.3 Å². The first-order chi connectivity index (χ1) is 26.6. The van der Waals surface area contributed by atoms with E-state index in [1.54, 1.807) is 4.68 Å². The number of hydrogen-bond donors (Lipinski definition) is 6. The van der Waals surface area contributed by atoms with Crippen molar-refractivity contribution < 1.29 is 53.6 Å². The van der Waals surface area contributed by atoms with Crippen molar-refractivity contribution in [1.29, 1.82) is 0 Å². The monoisotopic (exact) mass is 810 g/mol. The third-order valence-corrected chi connectivity index (χ3v) is 11.1. The second-order valence-corrected chi connectivity index (χ2v) is 14.8. The fourth-order valence-corrected chi connectivity index (χ4v) is 8.30. The molecule has 6 rings (SSSR count). The number of aliphatic carboxylic acids is 2. The lowest BCUT2D eigenvalue weighted by molar-refractivity contribution is -0.151. The minimum absolute atomic E-state index is 0.111. The number of tetrazole rings is 1. The summed E-state index contributed by atoms with van der Waals surface area (Å²) < 4.78 is 12.4. The summed E-state index contributed by atoms with van der Waals surface area (Å²) >= 11 is 2.46. The molecule has 2 aliphatic rings. The number of rotatable bonds is 15. The van der Waals surface area contributed by atoms with Gasteiger partial charge in [0.25, 0.3) is 11.8 Å². The molecule has 1 fully saturated rings. The number of fused-ring (bicyclic) bond motifs is 2. The van der Waals surface area contributed by atoms with E-state index < -0.39 is 76.2 Å². The Morgan fingerprint density at radius 1 is 1.11 bits per heavy atom. The first-order valence-corrected chi connectivity index (χ1v) is 18.7. The number of aryl methyl sites for hydroxylation is 1. The van der Waals surface area contributed by atoms with Crippen LogP contribution >= 0.6 is 23.5 Å². The van der Waals surface area contributed by atoms with E-state index in [2.05, 4.69) is 26.2 Å². The number of carboxylic acids is 2. The van der Waals surface area contributed by atoms with Crippen molar-refractivity contribution in [3.8, 4) is 17.2 Å².